The van der Waals surface area contributed by atoms with Crippen molar-refractivity contribution in [2.24, 2.45) is 0 Å². The first kappa shape index (κ1) is 24.7. The summed E-state index contributed by atoms with van der Waals surface area (Å²) >= 11 is 14.4. The van der Waals surface area contributed by atoms with Crippen molar-refractivity contribution < 1.29 is 35.4 Å². The fourth-order valence-corrected chi connectivity index (χ4v) is 4.25. The van der Waals surface area contributed by atoms with Crippen molar-refractivity contribution in [3.8, 4) is 16.9 Å². The first-order valence-corrected chi connectivity index (χ1v) is 11.3. The Morgan fingerprint density at radius 2 is 1.80 bits per heavy atom. The Labute approximate surface area is 185 Å². The number of methoxy groups -OCH3 is 1. The molecule has 0 aliphatic heterocycles. The Morgan fingerprint density at radius 3 is 2.30 bits per heavy atom. The summed E-state index contributed by atoms with van der Waals surface area (Å²) in [4.78, 5) is 0. The zero-order valence-corrected chi connectivity index (χ0v) is 19.0. The smallest absolute Gasteiger partial charge is 0.485 e. The molecular weight excluding hydrogens is 486 g/mol. The molecule has 0 spiro atoms. The number of halogens is 5. The van der Waals surface area contributed by atoms with Crippen LogP contribution in [0.4, 0.5) is 13.2 Å². The molecule has 1 heterocycles. The molecule has 0 atom stereocenters. The van der Waals surface area contributed by atoms with Gasteiger partial charge in [0.05, 0.1) is 12.7 Å². The first-order chi connectivity index (χ1) is 13.8. The molecule has 0 amide bonds. The summed E-state index contributed by atoms with van der Waals surface area (Å²) in [7, 11) is -4.41. The molecule has 0 radical (unpaired) electrons. The molecule has 0 fully saturated rings. The van der Waals surface area contributed by atoms with E-state index in [4.69, 9.17) is 40.9 Å². The fraction of sp³-hybridized carbons (Fsp3) is 0.278. The summed E-state index contributed by atoms with van der Waals surface area (Å²) in [5, 5.41) is 2.58. The molecule has 164 valence electrons. The Bertz CT molecular complexity index is 1180. The molecule has 0 aliphatic carbocycles. The molecule has 0 aliphatic rings. The van der Waals surface area contributed by atoms with E-state index in [1.54, 1.807) is 24.5 Å². The highest BCUT2D eigenvalue weighted by Crippen LogP contribution is 2.41. The Balaban J connectivity index is 0.000000343. The number of aryl methyl sites for hydroxylation is 2. The van der Waals surface area contributed by atoms with Crippen LogP contribution in [-0.4, -0.2) is 25.6 Å². The van der Waals surface area contributed by atoms with Crippen LogP contribution >= 0.6 is 34.5 Å². The van der Waals surface area contributed by atoms with Gasteiger partial charge >= 0.3 is 5.51 Å². The molecule has 2 aromatic carbocycles. The number of alkyl halides is 3. The third kappa shape index (κ3) is 5.17. The van der Waals surface area contributed by atoms with Gasteiger partial charge in [0.15, 0.2) is 10.1 Å². The average Bonchev–Trinajstić information content (AvgIpc) is 2.97. The fourth-order valence-electron chi connectivity index (χ4n) is 2.78. The van der Waals surface area contributed by atoms with Gasteiger partial charge in [0.1, 0.15) is 17.0 Å². The van der Waals surface area contributed by atoms with E-state index in [1.807, 2.05) is 18.2 Å². The van der Waals surface area contributed by atoms with Crippen molar-refractivity contribution in [1.82, 2.24) is 0 Å². The lowest BCUT2D eigenvalue weighted by atomic mass is 10.0. The number of hydrogen-bond acceptors (Lipinski definition) is 5. The third-order valence-corrected chi connectivity index (χ3v) is 6.22. The number of fused-ring (bicyclic) bond motifs is 1. The van der Waals surface area contributed by atoms with Crippen LogP contribution in [-0.2, 0) is 16.7 Å². The number of benzene rings is 2. The molecule has 3 aromatic rings. The summed E-state index contributed by atoms with van der Waals surface area (Å²) in [5.74, 6) is 0.802. The average molecular weight is 502 g/mol. The van der Waals surface area contributed by atoms with Crippen molar-refractivity contribution in [3.63, 3.8) is 0 Å². The van der Waals surface area contributed by atoms with E-state index >= 15 is 0 Å². The predicted octanol–water partition coefficient (Wildman–Crippen LogP) is 5.55. The number of aromatic nitrogens is 1. The standard InChI is InChI=1S/C17H16Cl2NOS.CHF3O3S/c1-4-20-10(2)22-15-8-7-14(21-3)16(17(15)20)12-9-11(18)5-6-13(12)19;2-1(3,4)8(5,6)7/h5-9H,4H2,1-3H3;(H,5,6,7)/q+1;/p-1. The zero-order chi connectivity index (χ0) is 22.9. The van der Waals surface area contributed by atoms with Crippen LogP contribution < -0.4 is 9.30 Å². The molecule has 0 N–H and O–H groups in total. The molecule has 30 heavy (non-hydrogen) atoms. The molecular formula is C18H16Cl2F3NO4S2. The maximum absolute atomic E-state index is 10.7. The second-order valence-corrected chi connectivity index (χ2v) is 9.33. The van der Waals surface area contributed by atoms with Gasteiger partial charge in [0.2, 0.25) is 10.5 Å². The van der Waals surface area contributed by atoms with Gasteiger partial charge < -0.3 is 9.29 Å². The minimum absolute atomic E-state index is 0.661. The maximum Gasteiger partial charge on any atom is 0.485 e. The molecule has 0 unspecified atom stereocenters. The summed E-state index contributed by atoms with van der Waals surface area (Å²) in [6.45, 7) is 5.16. The van der Waals surface area contributed by atoms with Crippen LogP contribution in [0.15, 0.2) is 30.3 Å². The zero-order valence-electron chi connectivity index (χ0n) is 15.9. The van der Waals surface area contributed by atoms with Crippen LogP contribution in [0.25, 0.3) is 21.3 Å². The van der Waals surface area contributed by atoms with Crippen molar-refractivity contribution in [3.05, 3.63) is 45.4 Å². The monoisotopic (exact) mass is 501 g/mol. The Hall–Kier alpha value is -1.59. The second kappa shape index (κ2) is 9.27. The normalized spacial score (nSPS) is 11.9. The molecule has 1 aromatic heterocycles. The Morgan fingerprint density at radius 1 is 1.20 bits per heavy atom. The van der Waals surface area contributed by atoms with Gasteiger partial charge in [-0.2, -0.15) is 17.7 Å². The van der Waals surface area contributed by atoms with Crippen LogP contribution in [0.3, 0.4) is 0 Å². The van der Waals surface area contributed by atoms with Crippen molar-refractivity contribution >= 4 is 54.9 Å². The van der Waals surface area contributed by atoms with E-state index in [1.165, 1.54) is 9.71 Å². The van der Waals surface area contributed by atoms with Crippen molar-refractivity contribution in [2.45, 2.75) is 25.9 Å². The molecule has 3 rings (SSSR count). The van der Waals surface area contributed by atoms with E-state index in [-0.39, 0.29) is 0 Å². The second-order valence-electron chi connectivity index (χ2n) is 5.88. The largest absolute Gasteiger partial charge is 0.741 e. The van der Waals surface area contributed by atoms with E-state index in [2.05, 4.69) is 24.5 Å². The highest BCUT2D eigenvalue weighted by molar-refractivity contribution is 7.86. The molecule has 0 bridgehead atoms. The van der Waals surface area contributed by atoms with Gasteiger partial charge in [0.25, 0.3) is 0 Å². The molecule has 12 heteroatoms. The molecule has 5 nitrogen and oxygen atoms in total. The highest BCUT2D eigenvalue weighted by atomic mass is 35.5. The quantitative estimate of drug-likeness (QED) is 0.268. The van der Waals surface area contributed by atoms with Gasteiger partial charge in [-0.05, 0) is 37.3 Å². The van der Waals surface area contributed by atoms with Gasteiger partial charge in [-0.15, -0.1) is 0 Å². The van der Waals surface area contributed by atoms with Crippen LogP contribution in [0, 0.1) is 6.92 Å². The van der Waals surface area contributed by atoms with Gasteiger partial charge in [-0.3, -0.25) is 0 Å². The summed E-state index contributed by atoms with van der Waals surface area (Å²) in [5.41, 5.74) is -2.60. The molecule has 0 saturated carbocycles. The number of rotatable bonds is 3. The van der Waals surface area contributed by atoms with Gasteiger partial charge in [-0.25, -0.2) is 8.42 Å². The van der Waals surface area contributed by atoms with E-state index in [0.29, 0.717) is 10.0 Å². The lowest BCUT2D eigenvalue weighted by molar-refractivity contribution is -0.669. The van der Waals surface area contributed by atoms with E-state index in [9.17, 15) is 13.2 Å². The summed E-state index contributed by atoms with van der Waals surface area (Å²) in [6, 6.07) is 9.61. The topological polar surface area (TPSA) is 70.3 Å². The van der Waals surface area contributed by atoms with Gasteiger partial charge in [-0.1, -0.05) is 34.5 Å². The minimum atomic E-state index is -6.09. The highest BCUT2D eigenvalue weighted by Gasteiger charge is 2.37. The SMILES string of the molecule is CC[n+]1c(C)sc2ccc(OC)c(-c3cc(Cl)ccc3Cl)c21.O=S(=O)([O-])C(F)(F)F. The summed E-state index contributed by atoms with van der Waals surface area (Å²) < 4.78 is 68.0. The van der Waals surface area contributed by atoms with Crippen LogP contribution in [0.2, 0.25) is 10.0 Å². The molecule has 0 saturated heterocycles. The predicted molar refractivity (Wildman–Crippen MR) is 110 cm³/mol. The number of ether oxygens (including phenoxy) is 1. The van der Waals surface area contributed by atoms with E-state index in [0.717, 1.165) is 28.9 Å². The van der Waals surface area contributed by atoms with Crippen molar-refractivity contribution in [2.75, 3.05) is 7.11 Å². The van der Waals surface area contributed by atoms with Crippen LogP contribution in [0.5, 0.6) is 5.75 Å². The summed E-state index contributed by atoms with van der Waals surface area (Å²) in [6.07, 6.45) is 0. The van der Waals surface area contributed by atoms with Crippen LogP contribution in [0.1, 0.15) is 11.9 Å². The van der Waals surface area contributed by atoms with Gasteiger partial charge in [0, 0.05) is 22.5 Å². The number of thiazole rings is 1. The number of hydrogen-bond donors (Lipinski definition) is 0. The Kier molecular flexibility index (Phi) is 7.63. The number of nitrogens with zero attached hydrogens (tertiary/aromatic N) is 1. The maximum atomic E-state index is 10.7. The lowest BCUT2D eigenvalue weighted by Gasteiger charge is -2.10. The minimum Gasteiger partial charge on any atom is -0.741 e. The third-order valence-electron chi connectivity index (χ3n) is 4.03. The van der Waals surface area contributed by atoms with Crippen molar-refractivity contribution in [1.29, 1.82) is 0 Å². The van der Waals surface area contributed by atoms with E-state index < -0.39 is 15.6 Å². The lowest BCUT2D eigenvalue weighted by Crippen LogP contribution is -2.33. The first-order valence-electron chi connectivity index (χ1n) is 8.29.